The molecular weight excluding hydrogens is 192 g/mol. The lowest BCUT2D eigenvalue weighted by atomic mass is 10.1. The molecule has 6 heteroatoms. The average molecular weight is 196 g/mol. The number of benzene rings is 1. The summed E-state index contributed by atoms with van der Waals surface area (Å²) < 4.78 is 48.6. The van der Waals surface area contributed by atoms with Crippen LogP contribution < -0.4 is 0 Å². The SMILES string of the molecule is Oc1ccc(O)c(C(F)(F)F)c1F. The Kier molecular flexibility index (Phi) is 2.07. The first-order valence-electron chi connectivity index (χ1n) is 3.11. The van der Waals surface area contributed by atoms with Crippen LogP contribution in [0, 0.1) is 5.82 Å². The fourth-order valence-electron chi connectivity index (χ4n) is 0.825. The van der Waals surface area contributed by atoms with Gasteiger partial charge in [-0.25, -0.2) is 4.39 Å². The minimum atomic E-state index is -5.02. The van der Waals surface area contributed by atoms with Crippen molar-refractivity contribution in [1.82, 2.24) is 0 Å². The number of phenols is 2. The van der Waals surface area contributed by atoms with Gasteiger partial charge in [-0.15, -0.1) is 0 Å². The standard InChI is InChI=1S/C7H4F4O2/c8-6-4(13)2-1-3(12)5(6)7(9,10)11/h1-2,12-13H. The number of rotatable bonds is 0. The van der Waals surface area contributed by atoms with Crippen molar-refractivity contribution < 1.29 is 27.8 Å². The summed E-state index contributed by atoms with van der Waals surface area (Å²) in [5.41, 5.74) is -1.85. The zero-order chi connectivity index (χ0) is 10.2. The number of alkyl halides is 3. The summed E-state index contributed by atoms with van der Waals surface area (Å²) in [6.45, 7) is 0. The molecule has 1 aromatic rings. The molecule has 13 heavy (non-hydrogen) atoms. The van der Waals surface area contributed by atoms with E-state index in [1.165, 1.54) is 0 Å². The quantitative estimate of drug-likeness (QED) is 0.493. The molecule has 0 aliphatic heterocycles. The van der Waals surface area contributed by atoms with E-state index >= 15 is 0 Å². The smallest absolute Gasteiger partial charge is 0.422 e. The van der Waals surface area contributed by atoms with Gasteiger partial charge in [0.05, 0.1) is 0 Å². The van der Waals surface area contributed by atoms with Crippen molar-refractivity contribution >= 4 is 0 Å². The van der Waals surface area contributed by atoms with Gasteiger partial charge in [0.1, 0.15) is 11.3 Å². The highest BCUT2D eigenvalue weighted by molar-refractivity contribution is 5.42. The van der Waals surface area contributed by atoms with Crippen molar-refractivity contribution in [1.29, 1.82) is 0 Å². The maximum atomic E-state index is 12.6. The Bertz CT molecular complexity index is 332. The lowest BCUT2D eigenvalue weighted by Crippen LogP contribution is -2.08. The van der Waals surface area contributed by atoms with Crippen LogP contribution in [0.15, 0.2) is 12.1 Å². The van der Waals surface area contributed by atoms with Crippen LogP contribution in [0.4, 0.5) is 17.6 Å². The zero-order valence-electron chi connectivity index (χ0n) is 6.06. The lowest BCUT2D eigenvalue weighted by molar-refractivity contribution is -0.141. The van der Waals surface area contributed by atoms with Gasteiger partial charge in [0.2, 0.25) is 0 Å². The van der Waals surface area contributed by atoms with Gasteiger partial charge in [-0.2, -0.15) is 13.2 Å². The van der Waals surface area contributed by atoms with Gasteiger partial charge in [0.25, 0.3) is 0 Å². The van der Waals surface area contributed by atoms with Crippen LogP contribution in [0.25, 0.3) is 0 Å². The monoisotopic (exact) mass is 196 g/mol. The van der Waals surface area contributed by atoms with E-state index in [0.29, 0.717) is 12.1 Å². The average Bonchev–Trinajstić information content (AvgIpc) is 1.95. The van der Waals surface area contributed by atoms with Crippen molar-refractivity contribution in [3.8, 4) is 11.5 Å². The summed E-state index contributed by atoms with van der Waals surface area (Å²) in [7, 11) is 0. The van der Waals surface area contributed by atoms with Crippen LogP contribution in [-0.4, -0.2) is 10.2 Å². The molecule has 0 saturated carbocycles. The number of phenolic OH excluding ortho intramolecular Hbond substituents is 2. The van der Waals surface area contributed by atoms with E-state index in [0.717, 1.165) is 0 Å². The number of hydrogen-bond donors (Lipinski definition) is 2. The van der Waals surface area contributed by atoms with Gasteiger partial charge in [0, 0.05) is 0 Å². The molecule has 72 valence electrons. The molecule has 0 aliphatic carbocycles. The Morgan fingerprint density at radius 3 is 1.85 bits per heavy atom. The van der Waals surface area contributed by atoms with E-state index in [9.17, 15) is 17.6 Å². The van der Waals surface area contributed by atoms with Gasteiger partial charge in [0.15, 0.2) is 11.6 Å². The predicted octanol–water partition coefficient (Wildman–Crippen LogP) is 2.26. The Morgan fingerprint density at radius 2 is 1.46 bits per heavy atom. The topological polar surface area (TPSA) is 40.5 Å². The molecule has 0 atom stereocenters. The molecule has 0 aromatic heterocycles. The molecule has 2 N–H and O–H groups in total. The molecule has 0 spiro atoms. The second kappa shape index (κ2) is 2.79. The summed E-state index contributed by atoms with van der Waals surface area (Å²) in [6, 6.07) is 1.21. The van der Waals surface area contributed by atoms with Gasteiger partial charge in [-0.05, 0) is 12.1 Å². The molecular formula is C7H4F4O2. The minimum Gasteiger partial charge on any atom is -0.507 e. The lowest BCUT2D eigenvalue weighted by Gasteiger charge is -2.10. The molecule has 1 rings (SSSR count). The third-order valence-corrected chi connectivity index (χ3v) is 1.38. The first kappa shape index (κ1) is 9.63. The summed E-state index contributed by atoms with van der Waals surface area (Å²) >= 11 is 0. The van der Waals surface area contributed by atoms with Crippen molar-refractivity contribution in [3.63, 3.8) is 0 Å². The van der Waals surface area contributed by atoms with E-state index in [4.69, 9.17) is 10.2 Å². The van der Waals surface area contributed by atoms with Crippen molar-refractivity contribution in [2.75, 3.05) is 0 Å². The highest BCUT2D eigenvalue weighted by Crippen LogP contribution is 2.40. The first-order valence-corrected chi connectivity index (χ1v) is 3.11. The zero-order valence-corrected chi connectivity index (χ0v) is 6.06. The third kappa shape index (κ3) is 1.66. The maximum Gasteiger partial charge on any atom is 0.422 e. The predicted molar refractivity (Wildman–Crippen MR) is 34.7 cm³/mol. The number of halogens is 4. The van der Waals surface area contributed by atoms with E-state index in [2.05, 4.69) is 0 Å². The van der Waals surface area contributed by atoms with Crippen LogP contribution in [0.5, 0.6) is 11.5 Å². The second-order valence-electron chi connectivity index (χ2n) is 2.29. The van der Waals surface area contributed by atoms with Crippen LogP contribution in [0.2, 0.25) is 0 Å². The summed E-state index contributed by atoms with van der Waals surface area (Å²) in [5, 5.41) is 17.3. The molecule has 2 nitrogen and oxygen atoms in total. The molecule has 0 unspecified atom stereocenters. The van der Waals surface area contributed by atoms with Crippen LogP contribution in [-0.2, 0) is 6.18 Å². The van der Waals surface area contributed by atoms with Crippen LogP contribution in [0.1, 0.15) is 5.56 Å². The highest BCUT2D eigenvalue weighted by Gasteiger charge is 2.38. The molecule has 0 amide bonds. The van der Waals surface area contributed by atoms with Crippen LogP contribution in [0.3, 0.4) is 0 Å². The third-order valence-electron chi connectivity index (χ3n) is 1.38. The normalized spacial score (nSPS) is 11.7. The summed E-state index contributed by atoms with van der Waals surface area (Å²) in [4.78, 5) is 0. The largest absolute Gasteiger partial charge is 0.507 e. The van der Waals surface area contributed by atoms with Crippen LogP contribution >= 0.6 is 0 Å². The Balaban J connectivity index is 3.43. The molecule has 0 saturated heterocycles. The minimum absolute atomic E-state index is 0.571. The van der Waals surface area contributed by atoms with Crippen molar-refractivity contribution in [2.45, 2.75) is 6.18 Å². The van der Waals surface area contributed by atoms with E-state index in [-0.39, 0.29) is 0 Å². The number of aromatic hydroxyl groups is 2. The maximum absolute atomic E-state index is 12.6. The fraction of sp³-hybridized carbons (Fsp3) is 0.143. The Hall–Kier alpha value is -1.46. The fourth-order valence-corrected chi connectivity index (χ4v) is 0.825. The van der Waals surface area contributed by atoms with Gasteiger partial charge in [-0.3, -0.25) is 0 Å². The van der Waals surface area contributed by atoms with Gasteiger partial charge < -0.3 is 10.2 Å². The molecule has 1 aromatic carbocycles. The summed E-state index contributed by atoms with van der Waals surface area (Å²) in [5.74, 6) is -4.26. The summed E-state index contributed by atoms with van der Waals surface area (Å²) in [6.07, 6.45) is -5.02. The number of hydrogen-bond acceptors (Lipinski definition) is 2. The molecule has 0 fully saturated rings. The first-order chi connectivity index (χ1) is 5.84. The second-order valence-corrected chi connectivity index (χ2v) is 2.29. The molecule has 0 heterocycles. The highest BCUT2D eigenvalue weighted by atomic mass is 19.4. The van der Waals surface area contributed by atoms with Gasteiger partial charge >= 0.3 is 6.18 Å². The van der Waals surface area contributed by atoms with E-state index in [1.54, 1.807) is 0 Å². The molecule has 0 aliphatic rings. The Labute approximate surface area is 70.0 Å². The van der Waals surface area contributed by atoms with Crippen molar-refractivity contribution in [2.24, 2.45) is 0 Å². The molecule has 0 radical (unpaired) electrons. The van der Waals surface area contributed by atoms with Crippen molar-refractivity contribution in [3.05, 3.63) is 23.5 Å². The Morgan fingerprint density at radius 1 is 1.00 bits per heavy atom. The molecule has 0 bridgehead atoms. The van der Waals surface area contributed by atoms with E-state index < -0.39 is 29.1 Å². The van der Waals surface area contributed by atoms with E-state index in [1.807, 2.05) is 0 Å². The van der Waals surface area contributed by atoms with Gasteiger partial charge in [-0.1, -0.05) is 0 Å².